The fourth-order valence-corrected chi connectivity index (χ4v) is 10.8. The van der Waals surface area contributed by atoms with Crippen LogP contribution in [-0.4, -0.2) is 4.57 Å². The molecule has 0 bridgehead atoms. The van der Waals surface area contributed by atoms with Crippen molar-refractivity contribution in [1.82, 2.24) is 4.57 Å². The molecule has 1 aromatic heterocycles. The third-order valence-corrected chi connectivity index (χ3v) is 14.0. The number of fused-ring (bicyclic) bond motifs is 9. The van der Waals surface area contributed by atoms with Crippen LogP contribution in [0.15, 0.2) is 206 Å². The van der Waals surface area contributed by atoms with Gasteiger partial charge in [0.2, 0.25) is 0 Å². The van der Waals surface area contributed by atoms with Crippen molar-refractivity contribution in [1.29, 1.82) is 0 Å². The molecule has 0 aliphatic heterocycles. The van der Waals surface area contributed by atoms with E-state index in [1.807, 2.05) is 0 Å². The highest BCUT2D eigenvalue weighted by atomic mass is 15.1. The lowest BCUT2D eigenvalue weighted by Gasteiger charge is -2.30. The minimum absolute atomic E-state index is 0.105. The van der Waals surface area contributed by atoms with Crippen LogP contribution in [0.4, 0.5) is 17.1 Å². The van der Waals surface area contributed by atoms with E-state index in [9.17, 15) is 0 Å². The highest BCUT2D eigenvalue weighted by Gasteiger charge is 2.37. The van der Waals surface area contributed by atoms with Crippen LogP contribution < -0.4 is 4.90 Å². The standard InChI is InChI=1S/C60H46N2/c1-59(2)53-19-11-8-16-47(53)49-33-31-45(37-55(49)59)61(46-32-34-50-48-17-9-12-20-54(48)60(3,4)56(50)38-46)43-27-24-41(25-28-43)42-26-35-58-52(36-42)51-18-10-13-21-57(51)62(58)44-29-22-40(23-30-44)39-14-6-5-7-15-39/h5-38H,1-4H3. The van der Waals surface area contributed by atoms with E-state index >= 15 is 0 Å². The topological polar surface area (TPSA) is 8.17 Å². The molecule has 0 atom stereocenters. The number of para-hydroxylation sites is 1. The summed E-state index contributed by atoms with van der Waals surface area (Å²) in [7, 11) is 0. The minimum atomic E-state index is -0.105. The number of nitrogens with zero attached hydrogens (tertiary/aromatic N) is 2. The zero-order valence-corrected chi connectivity index (χ0v) is 35.5. The van der Waals surface area contributed by atoms with Crippen LogP contribution in [0.2, 0.25) is 0 Å². The van der Waals surface area contributed by atoms with E-state index in [1.165, 1.54) is 88.6 Å². The molecule has 2 aliphatic rings. The van der Waals surface area contributed by atoms with Crippen LogP contribution in [0.5, 0.6) is 0 Å². The summed E-state index contributed by atoms with van der Waals surface area (Å²) in [4.78, 5) is 2.46. The van der Waals surface area contributed by atoms with Crippen molar-refractivity contribution in [3.8, 4) is 50.2 Å². The number of rotatable bonds is 6. The van der Waals surface area contributed by atoms with Gasteiger partial charge in [0.1, 0.15) is 0 Å². The first kappa shape index (κ1) is 36.4. The van der Waals surface area contributed by atoms with Gasteiger partial charge in [-0.3, -0.25) is 0 Å². The Morgan fingerprint density at radius 2 is 0.774 bits per heavy atom. The molecule has 0 saturated carbocycles. The maximum Gasteiger partial charge on any atom is 0.0541 e. The first-order chi connectivity index (χ1) is 30.3. The van der Waals surface area contributed by atoms with Crippen LogP contribution in [0.3, 0.4) is 0 Å². The molecule has 2 nitrogen and oxygen atoms in total. The van der Waals surface area contributed by atoms with Crippen molar-refractivity contribution in [2.45, 2.75) is 38.5 Å². The molecule has 0 amide bonds. The largest absolute Gasteiger partial charge is 0.310 e. The fraction of sp³-hybridized carbons (Fsp3) is 0.100. The van der Waals surface area contributed by atoms with Crippen LogP contribution in [0, 0.1) is 0 Å². The van der Waals surface area contributed by atoms with E-state index in [0.717, 1.165) is 22.7 Å². The van der Waals surface area contributed by atoms with Crippen molar-refractivity contribution in [3.63, 3.8) is 0 Å². The number of aromatic nitrogens is 1. The van der Waals surface area contributed by atoms with Crippen molar-refractivity contribution in [2.75, 3.05) is 4.90 Å². The molecular formula is C60H46N2. The second-order valence-corrected chi connectivity index (χ2v) is 18.2. The number of hydrogen-bond donors (Lipinski definition) is 0. The first-order valence-electron chi connectivity index (χ1n) is 21.8. The first-order valence-corrected chi connectivity index (χ1v) is 21.8. The second kappa shape index (κ2) is 13.5. The zero-order valence-electron chi connectivity index (χ0n) is 35.5. The normalized spacial score (nSPS) is 14.1. The van der Waals surface area contributed by atoms with Gasteiger partial charge in [-0.15, -0.1) is 0 Å². The summed E-state index contributed by atoms with van der Waals surface area (Å²) in [5.41, 5.74) is 22.5. The van der Waals surface area contributed by atoms with Crippen LogP contribution in [0.25, 0.3) is 72.0 Å². The van der Waals surface area contributed by atoms with Crippen molar-refractivity contribution in [3.05, 3.63) is 229 Å². The molecule has 0 saturated heterocycles. The number of benzene rings is 9. The predicted octanol–water partition coefficient (Wildman–Crippen LogP) is 16.2. The second-order valence-electron chi connectivity index (χ2n) is 18.2. The Hall–Kier alpha value is -7.42. The van der Waals surface area contributed by atoms with E-state index < -0.39 is 0 Å². The maximum atomic E-state index is 2.46. The van der Waals surface area contributed by atoms with Crippen LogP contribution in [-0.2, 0) is 10.8 Å². The summed E-state index contributed by atoms with van der Waals surface area (Å²) in [5, 5.41) is 2.50. The lowest BCUT2D eigenvalue weighted by molar-refractivity contribution is 0.660. The van der Waals surface area contributed by atoms with Gasteiger partial charge in [-0.1, -0.05) is 167 Å². The Labute approximate surface area is 364 Å². The van der Waals surface area contributed by atoms with Gasteiger partial charge in [0, 0.05) is 44.4 Å². The molecule has 2 heteroatoms. The Morgan fingerprint density at radius 1 is 0.323 bits per heavy atom. The van der Waals surface area contributed by atoms with Gasteiger partial charge in [-0.25, -0.2) is 0 Å². The van der Waals surface area contributed by atoms with E-state index in [2.05, 4.69) is 243 Å². The average molecular weight is 795 g/mol. The summed E-state index contributed by atoms with van der Waals surface area (Å²) in [6.07, 6.45) is 0. The van der Waals surface area contributed by atoms with Crippen molar-refractivity contribution < 1.29 is 0 Å². The van der Waals surface area contributed by atoms with Gasteiger partial charge in [0.05, 0.1) is 11.0 Å². The third kappa shape index (κ3) is 5.43. The van der Waals surface area contributed by atoms with Crippen LogP contribution >= 0.6 is 0 Å². The number of anilines is 3. The lowest BCUT2D eigenvalue weighted by Crippen LogP contribution is -2.18. The quantitative estimate of drug-likeness (QED) is 0.163. The molecule has 1 heterocycles. The summed E-state index contributed by atoms with van der Waals surface area (Å²) in [6, 6.07) is 76.5. The molecule has 62 heavy (non-hydrogen) atoms. The molecule has 12 rings (SSSR count). The summed E-state index contributed by atoms with van der Waals surface area (Å²) in [5.74, 6) is 0. The maximum absolute atomic E-state index is 2.46. The van der Waals surface area contributed by atoms with Crippen molar-refractivity contribution >= 4 is 38.9 Å². The SMILES string of the molecule is CC1(C)c2ccccc2-c2ccc(N(c3ccc(-c4ccc5c(c4)c4ccccc4n5-c4ccc(-c5ccccc5)cc4)cc3)c3ccc4c(c3)C(C)(C)c3ccccc3-4)cc21. The van der Waals surface area contributed by atoms with Gasteiger partial charge in [-0.2, -0.15) is 0 Å². The summed E-state index contributed by atoms with van der Waals surface area (Å²) >= 11 is 0. The molecule has 0 radical (unpaired) electrons. The molecular weight excluding hydrogens is 749 g/mol. The van der Waals surface area contributed by atoms with Crippen molar-refractivity contribution in [2.24, 2.45) is 0 Å². The van der Waals surface area contributed by atoms with Gasteiger partial charge in [-0.05, 0) is 133 Å². The van der Waals surface area contributed by atoms with Gasteiger partial charge < -0.3 is 9.47 Å². The highest BCUT2D eigenvalue weighted by molar-refractivity contribution is 6.10. The van der Waals surface area contributed by atoms with Crippen LogP contribution in [0.1, 0.15) is 49.9 Å². The monoisotopic (exact) mass is 794 g/mol. The smallest absolute Gasteiger partial charge is 0.0541 e. The predicted molar refractivity (Wildman–Crippen MR) is 261 cm³/mol. The molecule has 296 valence electrons. The highest BCUT2D eigenvalue weighted by Crippen LogP contribution is 2.53. The molecule has 0 unspecified atom stereocenters. The Balaban J connectivity index is 0.955. The van der Waals surface area contributed by atoms with Gasteiger partial charge in [0.25, 0.3) is 0 Å². The van der Waals surface area contributed by atoms with E-state index in [0.29, 0.717) is 0 Å². The molecule has 10 aromatic rings. The molecule has 2 aliphatic carbocycles. The van der Waals surface area contributed by atoms with E-state index in [-0.39, 0.29) is 10.8 Å². The lowest BCUT2D eigenvalue weighted by atomic mass is 9.82. The summed E-state index contributed by atoms with van der Waals surface area (Å²) < 4.78 is 2.40. The average Bonchev–Trinajstić information content (AvgIpc) is 3.86. The van der Waals surface area contributed by atoms with E-state index in [1.54, 1.807) is 0 Å². The van der Waals surface area contributed by atoms with Gasteiger partial charge in [0.15, 0.2) is 0 Å². The third-order valence-electron chi connectivity index (χ3n) is 14.0. The summed E-state index contributed by atoms with van der Waals surface area (Å²) in [6.45, 7) is 9.47. The Bertz CT molecular complexity index is 3280. The Morgan fingerprint density at radius 3 is 1.40 bits per heavy atom. The number of hydrogen-bond acceptors (Lipinski definition) is 1. The molecule has 9 aromatic carbocycles. The van der Waals surface area contributed by atoms with E-state index in [4.69, 9.17) is 0 Å². The fourth-order valence-electron chi connectivity index (χ4n) is 10.8. The molecule has 0 fully saturated rings. The van der Waals surface area contributed by atoms with Gasteiger partial charge >= 0.3 is 0 Å². The molecule has 0 N–H and O–H groups in total. The zero-order chi connectivity index (χ0) is 41.7. The molecule has 0 spiro atoms. The minimum Gasteiger partial charge on any atom is -0.310 e. The Kier molecular flexibility index (Phi) is 7.96.